The zero-order valence-electron chi connectivity index (χ0n) is 6.53. The van der Waals surface area contributed by atoms with Crippen LogP contribution in [0.4, 0.5) is 10.2 Å². The molecule has 0 unspecified atom stereocenters. The Bertz CT molecular complexity index is 244. The molecule has 0 aliphatic rings. The lowest BCUT2D eigenvalue weighted by Crippen LogP contribution is -2.01. The van der Waals surface area contributed by atoms with Gasteiger partial charge in [-0.05, 0) is 0 Å². The molecule has 12 heavy (non-hydrogen) atoms. The van der Waals surface area contributed by atoms with Crippen molar-refractivity contribution in [3.8, 4) is 5.88 Å². The Morgan fingerprint density at radius 3 is 3.00 bits per heavy atom. The van der Waals surface area contributed by atoms with Crippen LogP contribution in [-0.4, -0.2) is 23.2 Å². The summed E-state index contributed by atoms with van der Waals surface area (Å²) in [5, 5.41) is 0. The van der Waals surface area contributed by atoms with E-state index in [2.05, 4.69) is 9.97 Å². The monoisotopic (exact) mass is 171 g/mol. The minimum Gasteiger partial charge on any atom is -0.476 e. The minimum atomic E-state index is -0.393. The van der Waals surface area contributed by atoms with E-state index >= 15 is 0 Å². The molecule has 0 bridgehead atoms. The maximum absolute atomic E-state index is 11.6. The maximum atomic E-state index is 11.6. The van der Waals surface area contributed by atoms with Crippen molar-refractivity contribution in [2.75, 3.05) is 19.0 Å². The number of nitrogen functional groups attached to an aromatic ring is 1. The summed E-state index contributed by atoms with van der Waals surface area (Å²) in [5.74, 6) is 0.635. The third-order valence-electron chi connectivity index (χ3n) is 1.16. The smallest absolute Gasteiger partial charge is 0.234 e. The van der Waals surface area contributed by atoms with Crippen LogP contribution in [0.2, 0.25) is 0 Å². The Labute approximate surface area is 69.6 Å². The van der Waals surface area contributed by atoms with Crippen LogP contribution in [0, 0.1) is 0 Å². The van der Waals surface area contributed by atoms with Gasteiger partial charge in [0, 0.05) is 6.42 Å². The number of nitrogens with zero attached hydrogens (tertiary/aromatic N) is 2. The molecule has 0 aliphatic heterocycles. The molecule has 0 spiro atoms. The predicted octanol–water partition coefficient (Wildman–Crippen LogP) is 0.797. The van der Waals surface area contributed by atoms with Crippen molar-refractivity contribution in [2.45, 2.75) is 6.42 Å². The second-order valence-corrected chi connectivity index (χ2v) is 2.17. The molecule has 0 saturated carbocycles. The average Bonchev–Trinajstić information content (AvgIpc) is 2.05. The Morgan fingerprint density at radius 2 is 2.33 bits per heavy atom. The molecule has 1 heterocycles. The minimum absolute atomic E-state index is 0.299. The highest BCUT2D eigenvalue weighted by atomic mass is 19.1. The number of nitrogens with two attached hydrogens (primary N) is 1. The van der Waals surface area contributed by atoms with Gasteiger partial charge in [-0.15, -0.1) is 0 Å². The Morgan fingerprint density at radius 1 is 1.50 bits per heavy atom. The molecule has 1 rings (SSSR count). The lowest BCUT2D eigenvalue weighted by molar-refractivity contribution is 0.279. The van der Waals surface area contributed by atoms with Crippen LogP contribution in [0.25, 0.3) is 0 Å². The second-order valence-electron chi connectivity index (χ2n) is 2.17. The maximum Gasteiger partial charge on any atom is 0.234 e. The van der Waals surface area contributed by atoms with Crippen LogP contribution in [0.5, 0.6) is 5.88 Å². The van der Waals surface area contributed by atoms with Crippen LogP contribution < -0.4 is 10.5 Å². The molecule has 66 valence electrons. The molecule has 0 radical (unpaired) electrons. The number of hydrogen-bond acceptors (Lipinski definition) is 4. The van der Waals surface area contributed by atoms with Gasteiger partial charge < -0.3 is 10.5 Å². The zero-order chi connectivity index (χ0) is 8.81. The van der Waals surface area contributed by atoms with E-state index in [0.29, 0.717) is 24.7 Å². The van der Waals surface area contributed by atoms with E-state index in [9.17, 15) is 4.39 Å². The topological polar surface area (TPSA) is 61.0 Å². The van der Waals surface area contributed by atoms with E-state index in [4.69, 9.17) is 10.5 Å². The largest absolute Gasteiger partial charge is 0.476 e. The van der Waals surface area contributed by atoms with E-state index in [1.165, 1.54) is 12.4 Å². The summed E-state index contributed by atoms with van der Waals surface area (Å²) < 4.78 is 16.7. The van der Waals surface area contributed by atoms with Gasteiger partial charge in [0.05, 0.1) is 25.7 Å². The molecule has 0 saturated heterocycles. The number of rotatable bonds is 4. The first kappa shape index (κ1) is 8.70. The summed E-state index contributed by atoms with van der Waals surface area (Å²) in [4.78, 5) is 7.57. The first-order valence-electron chi connectivity index (χ1n) is 3.59. The van der Waals surface area contributed by atoms with Gasteiger partial charge in [0.25, 0.3) is 0 Å². The highest BCUT2D eigenvalue weighted by molar-refractivity contribution is 5.25. The number of anilines is 1. The van der Waals surface area contributed by atoms with Gasteiger partial charge >= 0.3 is 0 Å². The summed E-state index contributed by atoms with van der Waals surface area (Å²) in [6.07, 6.45) is 3.22. The fraction of sp³-hybridized carbons (Fsp3) is 0.429. The van der Waals surface area contributed by atoms with Gasteiger partial charge in [-0.25, -0.2) is 0 Å². The van der Waals surface area contributed by atoms with Gasteiger partial charge in [-0.3, -0.25) is 9.37 Å². The third-order valence-corrected chi connectivity index (χ3v) is 1.16. The number of ether oxygens (including phenoxy) is 1. The van der Waals surface area contributed by atoms with Gasteiger partial charge in [0.1, 0.15) is 5.82 Å². The summed E-state index contributed by atoms with van der Waals surface area (Å²) in [5.41, 5.74) is 5.34. The molecule has 0 amide bonds. The van der Waals surface area contributed by atoms with Crippen molar-refractivity contribution in [3.63, 3.8) is 0 Å². The van der Waals surface area contributed by atoms with Gasteiger partial charge in [-0.1, -0.05) is 0 Å². The molecule has 1 aromatic heterocycles. The third kappa shape index (κ3) is 2.69. The second kappa shape index (κ2) is 4.48. The van der Waals surface area contributed by atoms with E-state index in [0.717, 1.165) is 0 Å². The molecule has 5 heteroatoms. The number of alkyl halides is 1. The zero-order valence-corrected chi connectivity index (χ0v) is 6.53. The average molecular weight is 171 g/mol. The van der Waals surface area contributed by atoms with Crippen LogP contribution in [-0.2, 0) is 0 Å². The molecule has 0 aliphatic carbocycles. The molecule has 4 nitrogen and oxygen atoms in total. The molecule has 1 aromatic rings. The highest BCUT2D eigenvalue weighted by Gasteiger charge is 1.95. The highest BCUT2D eigenvalue weighted by Crippen LogP contribution is 2.05. The van der Waals surface area contributed by atoms with Crippen molar-refractivity contribution in [1.29, 1.82) is 0 Å². The molecule has 0 aromatic carbocycles. The Kier molecular flexibility index (Phi) is 3.25. The van der Waals surface area contributed by atoms with Crippen LogP contribution >= 0.6 is 0 Å². The first-order valence-corrected chi connectivity index (χ1v) is 3.59. The van der Waals surface area contributed by atoms with Crippen LogP contribution in [0.3, 0.4) is 0 Å². The van der Waals surface area contributed by atoms with Crippen molar-refractivity contribution >= 4 is 5.82 Å². The van der Waals surface area contributed by atoms with Crippen molar-refractivity contribution in [1.82, 2.24) is 9.97 Å². The Balaban J connectivity index is 2.41. The number of aromatic nitrogens is 2. The van der Waals surface area contributed by atoms with E-state index < -0.39 is 6.67 Å². The number of halogens is 1. The fourth-order valence-corrected chi connectivity index (χ4v) is 0.663. The summed E-state index contributed by atoms with van der Waals surface area (Å²) in [7, 11) is 0. The molecular weight excluding hydrogens is 161 g/mol. The predicted molar refractivity (Wildman–Crippen MR) is 42.5 cm³/mol. The lowest BCUT2D eigenvalue weighted by atomic mass is 10.5. The molecule has 2 N–H and O–H groups in total. The van der Waals surface area contributed by atoms with E-state index in [1.54, 1.807) is 0 Å². The SMILES string of the molecule is Nc1cncc(OCCCF)n1. The Hall–Kier alpha value is -1.39. The normalized spacial score (nSPS) is 9.75. The van der Waals surface area contributed by atoms with E-state index in [-0.39, 0.29) is 0 Å². The summed E-state index contributed by atoms with van der Waals surface area (Å²) in [6, 6.07) is 0. The van der Waals surface area contributed by atoms with Crippen LogP contribution in [0.15, 0.2) is 12.4 Å². The van der Waals surface area contributed by atoms with Crippen molar-refractivity contribution in [2.24, 2.45) is 0 Å². The van der Waals surface area contributed by atoms with Gasteiger partial charge in [-0.2, -0.15) is 4.98 Å². The first-order chi connectivity index (χ1) is 5.83. The summed E-state index contributed by atoms with van der Waals surface area (Å²) in [6.45, 7) is -0.0929. The van der Waals surface area contributed by atoms with Crippen LogP contribution in [0.1, 0.15) is 6.42 Å². The number of hydrogen-bond donors (Lipinski definition) is 1. The fourth-order valence-electron chi connectivity index (χ4n) is 0.663. The summed E-state index contributed by atoms with van der Waals surface area (Å²) >= 11 is 0. The van der Waals surface area contributed by atoms with E-state index in [1.807, 2.05) is 0 Å². The standard InChI is InChI=1S/C7H10FN3O/c8-2-1-3-12-7-5-10-4-6(9)11-7/h4-5H,1-3H2,(H2,9,11). The lowest BCUT2D eigenvalue weighted by Gasteiger charge is -2.02. The van der Waals surface area contributed by atoms with Crippen molar-refractivity contribution in [3.05, 3.63) is 12.4 Å². The van der Waals surface area contributed by atoms with Gasteiger partial charge in [0.15, 0.2) is 0 Å². The molecule has 0 fully saturated rings. The molecule has 0 atom stereocenters. The van der Waals surface area contributed by atoms with Gasteiger partial charge in [0.2, 0.25) is 5.88 Å². The molecular formula is C7H10FN3O. The quantitative estimate of drug-likeness (QED) is 0.680. The van der Waals surface area contributed by atoms with Crippen molar-refractivity contribution < 1.29 is 9.13 Å².